The normalized spacial score (nSPS) is 11.5. The van der Waals surface area contributed by atoms with Crippen LogP contribution in [-0.4, -0.2) is 20.4 Å². The van der Waals surface area contributed by atoms with Gasteiger partial charge in [0.15, 0.2) is 0 Å². The zero-order valence-electron chi connectivity index (χ0n) is 19.0. The zero-order chi connectivity index (χ0) is 20.0. The molecule has 15 heteroatoms. The van der Waals surface area contributed by atoms with E-state index in [1.54, 1.807) is 0 Å². The van der Waals surface area contributed by atoms with Gasteiger partial charge in [-0.1, -0.05) is 43.7 Å². The summed E-state index contributed by atoms with van der Waals surface area (Å²) in [7, 11) is -11.2. The van der Waals surface area contributed by atoms with E-state index in [0.29, 0.717) is 13.0 Å². The number of aryl methyl sites for hydroxylation is 1. The number of nitrogens with zero attached hydrogens (tertiary/aromatic N) is 3. The molecule has 0 radical (unpaired) electrons. The maximum Gasteiger partial charge on any atom is 1.00 e. The third-order valence-corrected chi connectivity index (χ3v) is 7.17. The summed E-state index contributed by atoms with van der Waals surface area (Å²) in [5.74, 6) is 0. The molecule has 9 nitrogen and oxygen atoms in total. The Morgan fingerprint density at radius 2 is 1.53 bits per heavy atom. The van der Waals surface area contributed by atoms with Gasteiger partial charge in [0.2, 0.25) is 0 Å². The van der Waals surface area contributed by atoms with E-state index in [1.165, 1.54) is 22.0 Å². The quantitative estimate of drug-likeness (QED) is 0.176. The number of rotatable bonds is 10. The predicted octanol–water partition coefficient (Wildman–Crippen LogP) is -11.9. The Morgan fingerprint density at radius 3 is 2.00 bits per heavy atom. The van der Waals surface area contributed by atoms with Gasteiger partial charge in [-0.05, 0) is 40.0 Å². The Hall–Kier alpha value is 2.92. The van der Waals surface area contributed by atoms with Crippen molar-refractivity contribution in [1.29, 1.82) is 0 Å². The van der Waals surface area contributed by atoms with Crippen molar-refractivity contribution in [3.63, 3.8) is 0 Å². The molecule has 0 aliphatic carbocycles. The fraction of sp³-hybridized carbons (Fsp3) is 0.600. The van der Waals surface area contributed by atoms with Crippen molar-refractivity contribution in [3.8, 4) is 0 Å². The van der Waals surface area contributed by atoms with E-state index >= 15 is 0 Å². The Labute approximate surface area is 266 Å². The fourth-order valence-corrected chi connectivity index (χ4v) is 4.47. The summed E-state index contributed by atoms with van der Waals surface area (Å²) >= 11 is 0. The predicted molar refractivity (Wildman–Crippen MR) is 89.8 cm³/mol. The molecule has 0 atom stereocenters. The van der Waals surface area contributed by atoms with Crippen LogP contribution in [0.1, 0.15) is 45.7 Å². The molecule has 0 aromatic carbocycles. The third kappa shape index (κ3) is 17.4. The SMILES string of the molecule is CC(C)=CCC/C(C)=C\CCn1cc(CC(P(=O)([O-])[O-])P(=O)([O-])[O-])nn1.[Na+].[Na+].[Na+].[Na+]. The van der Waals surface area contributed by atoms with Crippen molar-refractivity contribution < 1.29 is 147 Å². The molecule has 0 bridgehead atoms. The van der Waals surface area contributed by atoms with E-state index in [1.807, 2.05) is 20.8 Å². The molecule has 0 spiro atoms. The molecule has 148 valence electrons. The van der Waals surface area contributed by atoms with Crippen LogP contribution in [0.3, 0.4) is 0 Å². The average molecular weight is 495 g/mol. The summed E-state index contributed by atoms with van der Waals surface area (Å²) in [4.78, 5) is 44.0. The monoisotopic (exact) mass is 495 g/mol. The van der Waals surface area contributed by atoms with Crippen LogP contribution >= 0.6 is 15.2 Å². The van der Waals surface area contributed by atoms with Crippen molar-refractivity contribution in [1.82, 2.24) is 15.0 Å². The van der Waals surface area contributed by atoms with Crippen LogP contribution in [0, 0.1) is 0 Å². The van der Waals surface area contributed by atoms with E-state index in [-0.39, 0.29) is 124 Å². The van der Waals surface area contributed by atoms with E-state index < -0.39 is 27.0 Å². The summed E-state index contributed by atoms with van der Waals surface area (Å²) in [6.45, 7) is 6.57. The summed E-state index contributed by atoms with van der Waals surface area (Å²) in [6, 6.07) is 0. The first-order valence-corrected chi connectivity index (χ1v) is 11.3. The van der Waals surface area contributed by atoms with E-state index in [4.69, 9.17) is 0 Å². The van der Waals surface area contributed by atoms with Gasteiger partial charge in [-0.15, -0.1) is 5.10 Å². The molecule has 0 aliphatic rings. The van der Waals surface area contributed by atoms with Crippen molar-refractivity contribution in [2.75, 3.05) is 0 Å². The number of hydrogen-bond acceptors (Lipinski definition) is 8. The number of allylic oxidation sites excluding steroid dienone is 4. The van der Waals surface area contributed by atoms with Crippen LogP contribution in [-0.2, 0) is 22.1 Å². The number of hydrogen-bond donors (Lipinski definition) is 0. The van der Waals surface area contributed by atoms with Crippen LogP contribution in [0.2, 0.25) is 0 Å². The fourth-order valence-electron chi connectivity index (χ4n) is 2.26. The minimum atomic E-state index is -5.59. The smallest absolute Gasteiger partial charge is 0.810 e. The maximum absolute atomic E-state index is 11.0. The van der Waals surface area contributed by atoms with Gasteiger partial charge in [0.1, 0.15) is 0 Å². The van der Waals surface area contributed by atoms with Crippen LogP contribution in [0.25, 0.3) is 0 Å². The summed E-state index contributed by atoms with van der Waals surface area (Å²) in [6.07, 6.45) is 7.34. The molecule has 0 aliphatic heterocycles. The molecule has 1 heterocycles. The molecule has 0 unspecified atom stereocenters. The number of aromatic nitrogens is 3. The van der Waals surface area contributed by atoms with Crippen molar-refractivity contribution >= 4 is 15.2 Å². The first-order valence-electron chi connectivity index (χ1n) is 8.11. The standard InChI is InChI=1S/C15H27N3O6P2.4Na/c1-12(2)6-4-7-13(3)8-5-9-18-11-14(16-17-18)10-15(25(19,20)21)26(22,23)24;;;;/h6,8,11,15H,4-5,7,9-10H2,1-3H3,(H2,19,20,21)(H2,22,23,24);;;;/q;4*+1/p-4/b13-8-;;;;. The van der Waals surface area contributed by atoms with Crippen LogP contribution in [0.15, 0.2) is 29.5 Å². The molecule has 0 amide bonds. The van der Waals surface area contributed by atoms with Crippen molar-refractivity contribution in [3.05, 3.63) is 35.2 Å². The molecular weight excluding hydrogens is 472 g/mol. The van der Waals surface area contributed by atoms with Gasteiger partial charge >= 0.3 is 118 Å². The van der Waals surface area contributed by atoms with Gasteiger partial charge in [-0.3, -0.25) is 4.68 Å². The molecular formula is C15H23N3Na4O6P2. The minimum absolute atomic E-state index is 0. The Kier molecular flexibility index (Phi) is 25.6. The third-order valence-electron chi connectivity index (χ3n) is 3.65. The van der Waals surface area contributed by atoms with Gasteiger partial charge < -0.3 is 28.7 Å². The molecule has 30 heavy (non-hydrogen) atoms. The van der Waals surface area contributed by atoms with E-state index in [0.717, 1.165) is 12.8 Å². The van der Waals surface area contributed by atoms with Gasteiger partial charge in [0.05, 0.1) is 5.69 Å². The Morgan fingerprint density at radius 1 is 1.00 bits per heavy atom. The second-order valence-corrected chi connectivity index (χ2v) is 10.2. The molecule has 0 N–H and O–H groups in total. The average Bonchev–Trinajstić information content (AvgIpc) is 2.89. The first-order chi connectivity index (χ1) is 11.9. The molecule has 1 rings (SSSR count). The van der Waals surface area contributed by atoms with Crippen LogP contribution in [0.5, 0.6) is 0 Å². The molecule has 0 fully saturated rings. The minimum Gasteiger partial charge on any atom is -0.810 e. The second kappa shape index (κ2) is 19.1. The Balaban J connectivity index is -0.000000845. The topological polar surface area (TPSA) is 157 Å². The van der Waals surface area contributed by atoms with E-state index in [2.05, 4.69) is 22.5 Å². The zero-order valence-corrected chi connectivity index (χ0v) is 28.8. The molecule has 1 aromatic heterocycles. The second-order valence-electron chi connectivity index (χ2n) is 6.40. The van der Waals surface area contributed by atoms with Crippen LogP contribution < -0.4 is 138 Å². The van der Waals surface area contributed by atoms with Gasteiger partial charge in [-0.25, -0.2) is 0 Å². The molecule has 0 saturated carbocycles. The summed E-state index contributed by atoms with van der Waals surface area (Å²) in [5, 5.41) is 4.85. The maximum atomic E-state index is 11.0. The van der Waals surface area contributed by atoms with Gasteiger partial charge in [-0.2, -0.15) is 0 Å². The molecule has 1 aromatic rings. The van der Waals surface area contributed by atoms with Crippen molar-refractivity contribution in [2.24, 2.45) is 0 Å². The first kappa shape index (κ1) is 40.1. The largest absolute Gasteiger partial charge is 1.00 e. The van der Waals surface area contributed by atoms with Gasteiger partial charge in [0, 0.05) is 24.6 Å². The van der Waals surface area contributed by atoms with Crippen molar-refractivity contribution in [2.45, 2.75) is 58.4 Å². The van der Waals surface area contributed by atoms with E-state index in [9.17, 15) is 28.7 Å². The molecule has 0 saturated heterocycles. The Bertz CT molecular complexity index is 737. The van der Waals surface area contributed by atoms with Crippen LogP contribution in [0.4, 0.5) is 0 Å². The van der Waals surface area contributed by atoms with Gasteiger partial charge in [0.25, 0.3) is 0 Å². The summed E-state index contributed by atoms with van der Waals surface area (Å²) in [5.41, 5.74) is 2.46. The summed E-state index contributed by atoms with van der Waals surface area (Å²) < 4.78 is 23.4.